The van der Waals surface area contributed by atoms with Gasteiger partial charge in [-0.25, -0.2) is 0 Å². The third-order valence-electron chi connectivity index (χ3n) is 6.88. The van der Waals surface area contributed by atoms with E-state index in [4.69, 9.17) is 0 Å². The van der Waals surface area contributed by atoms with E-state index < -0.39 is 0 Å². The summed E-state index contributed by atoms with van der Waals surface area (Å²) in [5.41, 5.74) is 3.71. The molecule has 0 saturated carbocycles. The van der Waals surface area contributed by atoms with Crippen LogP contribution in [-0.4, -0.2) is 41.3 Å². The van der Waals surface area contributed by atoms with E-state index in [0.717, 1.165) is 50.1 Å². The second kappa shape index (κ2) is 12.5. The Kier molecular flexibility index (Phi) is 8.85. The molecule has 2 heterocycles. The molecular formula is C30H36N4O2. The summed E-state index contributed by atoms with van der Waals surface area (Å²) in [5, 5.41) is 6.21. The fourth-order valence-electron chi connectivity index (χ4n) is 4.70. The number of hydrogen-bond donors (Lipinski definition) is 2. The van der Waals surface area contributed by atoms with Crippen LogP contribution in [0.1, 0.15) is 66.7 Å². The molecule has 0 radical (unpaired) electrons. The summed E-state index contributed by atoms with van der Waals surface area (Å²) in [6, 6.07) is 23.8. The van der Waals surface area contributed by atoms with E-state index in [0.29, 0.717) is 11.6 Å². The molecule has 0 spiro atoms. The minimum absolute atomic E-state index is 0.0367. The molecule has 1 atom stereocenters. The number of carbonyl (C=O) groups excluding carboxylic acids is 2. The number of nitrogens with zero attached hydrogens (tertiary/aromatic N) is 2. The number of aromatic nitrogens is 1. The Morgan fingerprint density at radius 2 is 1.72 bits per heavy atom. The predicted molar refractivity (Wildman–Crippen MR) is 144 cm³/mol. The molecule has 1 fully saturated rings. The fraction of sp³-hybridized carbons (Fsp3) is 0.367. The Balaban J connectivity index is 1.33. The first-order valence-electron chi connectivity index (χ1n) is 12.9. The molecule has 2 amide bonds. The molecule has 2 aromatic carbocycles. The summed E-state index contributed by atoms with van der Waals surface area (Å²) in [7, 11) is 0. The molecular weight excluding hydrogens is 448 g/mol. The zero-order valence-corrected chi connectivity index (χ0v) is 21.2. The summed E-state index contributed by atoms with van der Waals surface area (Å²) in [4.78, 5) is 31.6. The molecule has 1 saturated heterocycles. The molecule has 6 nitrogen and oxygen atoms in total. The summed E-state index contributed by atoms with van der Waals surface area (Å²) >= 11 is 0. The number of carbonyl (C=O) groups is 2. The maximum Gasteiger partial charge on any atom is 0.270 e. The lowest BCUT2D eigenvalue weighted by Crippen LogP contribution is -2.37. The molecule has 1 unspecified atom stereocenters. The Morgan fingerprint density at radius 1 is 0.972 bits per heavy atom. The number of amides is 2. The van der Waals surface area contributed by atoms with Crippen molar-refractivity contribution in [3.63, 3.8) is 0 Å². The zero-order valence-electron chi connectivity index (χ0n) is 21.2. The molecule has 1 aromatic heterocycles. The van der Waals surface area contributed by atoms with Crippen LogP contribution in [0.4, 0.5) is 5.69 Å². The van der Waals surface area contributed by atoms with Crippen molar-refractivity contribution in [3.8, 4) is 0 Å². The van der Waals surface area contributed by atoms with Gasteiger partial charge in [-0.2, -0.15) is 0 Å². The number of rotatable bonds is 9. The third-order valence-corrected chi connectivity index (χ3v) is 6.88. The molecule has 0 aliphatic carbocycles. The van der Waals surface area contributed by atoms with E-state index in [1.165, 1.54) is 5.56 Å². The van der Waals surface area contributed by atoms with E-state index in [2.05, 4.69) is 44.8 Å². The number of hydrogen-bond acceptors (Lipinski definition) is 4. The Hall–Kier alpha value is -3.51. The van der Waals surface area contributed by atoms with Crippen molar-refractivity contribution in [1.82, 2.24) is 15.2 Å². The average molecular weight is 485 g/mol. The third kappa shape index (κ3) is 7.01. The number of pyridine rings is 1. The van der Waals surface area contributed by atoms with Crippen molar-refractivity contribution in [2.24, 2.45) is 5.92 Å². The lowest BCUT2D eigenvalue weighted by Gasteiger charge is -2.33. The van der Waals surface area contributed by atoms with Gasteiger partial charge in [-0.1, -0.05) is 62.4 Å². The maximum atomic E-state index is 12.8. The van der Waals surface area contributed by atoms with Gasteiger partial charge in [0.05, 0.1) is 6.04 Å². The summed E-state index contributed by atoms with van der Waals surface area (Å²) in [6.45, 7) is 6.76. The van der Waals surface area contributed by atoms with Crippen LogP contribution in [0.3, 0.4) is 0 Å². The second-order valence-electron chi connectivity index (χ2n) is 9.83. The van der Waals surface area contributed by atoms with E-state index in [-0.39, 0.29) is 23.8 Å². The van der Waals surface area contributed by atoms with E-state index in [1.54, 1.807) is 12.3 Å². The van der Waals surface area contributed by atoms with Gasteiger partial charge >= 0.3 is 0 Å². The van der Waals surface area contributed by atoms with Crippen LogP contribution >= 0.6 is 0 Å². The first kappa shape index (κ1) is 25.6. The molecule has 188 valence electrons. The van der Waals surface area contributed by atoms with E-state index in [9.17, 15) is 9.59 Å². The summed E-state index contributed by atoms with van der Waals surface area (Å²) in [6.07, 6.45) is 4.64. The molecule has 4 rings (SSSR count). The summed E-state index contributed by atoms with van der Waals surface area (Å²) < 4.78 is 0. The number of likely N-dealkylation sites (tertiary alicyclic amines) is 1. The maximum absolute atomic E-state index is 12.8. The lowest BCUT2D eigenvalue weighted by atomic mass is 9.89. The molecule has 6 heteroatoms. The molecule has 3 aromatic rings. The topological polar surface area (TPSA) is 74.3 Å². The minimum atomic E-state index is -0.146. The van der Waals surface area contributed by atoms with Crippen molar-refractivity contribution in [1.29, 1.82) is 0 Å². The molecule has 2 N–H and O–H groups in total. The predicted octanol–water partition coefficient (Wildman–Crippen LogP) is 5.42. The van der Waals surface area contributed by atoms with Gasteiger partial charge in [0.1, 0.15) is 5.69 Å². The van der Waals surface area contributed by atoms with Crippen LogP contribution < -0.4 is 10.6 Å². The zero-order chi connectivity index (χ0) is 25.3. The first-order chi connectivity index (χ1) is 17.5. The monoisotopic (exact) mass is 484 g/mol. The van der Waals surface area contributed by atoms with Crippen LogP contribution in [0.15, 0.2) is 79.0 Å². The van der Waals surface area contributed by atoms with Crippen molar-refractivity contribution >= 4 is 17.5 Å². The van der Waals surface area contributed by atoms with Crippen molar-refractivity contribution < 1.29 is 9.59 Å². The highest BCUT2D eigenvalue weighted by Crippen LogP contribution is 2.30. The second-order valence-corrected chi connectivity index (χ2v) is 9.83. The van der Waals surface area contributed by atoms with Gasteiger partial charge in [0, 0.05) is 24.3 Å². The van der Waals surface area contributed by atoms with Crippen molar-refractivity contribution in [2.45, 2.75) is 45.1 Å². The number of anilines is 1. The van der Waals surface area contributed by atoms with Gasteiger partial charge < -0.3 is 15.5 Å². The van der Waals surface area contributed by atoms with Crippen LogP contribution in [0.25, 0.3) is 0 Å². The van der Waals surface area contributed by atoms with Gasteiger partial charge in [-0.3, -0.25) is 14.6 Å². The van der Waals surface area contributed by atoms with Crippen molar-refractivity contribution in [2.75, 3.05) is 25.0 Å². The van der Waals surface area contributed by atoms with Gasteiger partial charge in [0.25, 0.3) is 5.91 Å². The average Bonchev–Trinajstić information content (AvgIpc) is 2.92. The van der Waals surface area contributed by atoms with Crippen LogP contribution in [0.5, 0.6) is 0 Å². The van der Waals surface area contributed by atoms with Gasteiger partial charge in [-0.05, 0) is 73.7 Å². The first-order valence-corrected chi connectivity index (χ1v) is 12.9. The van der Waals surface area contributed by atoms with Crippen LogP contribution in [0.2, 0.25) is 0 Å². The quantitative estimate of drug-likeness (QED) is 0.425. The largest absolute Gasteiger partial charge is 0.344 e. The Morgan fingerprint density at radius 3 is 2.42 bits per heavy atom. The van der Waals surface area contributed by atoms with Gasteiger partial charge in [0.2, 0.25) is 5.91 Å². The van der Waals surface area contributed by atoms with Crippen LogP contribution in [0, 0.1) is 5.92 Å². The van der Waals surface area contributed by atoms with Gasteiger partial charge in [-0.15, -0.1) is 0 Å². The van der Waals surface area contributed by atoms with E-state index >= 15 is 0 Å². The number of benzene rings is 2. The standard InChI is InChI=1S/C30H36N4O2/c1-22(2)29(35)32-26-12-8-11-25(21-26)23-14-18-34(19-15-23)20-16-27(24-9-4-3-5-10-24)33-30(36)28-13-6-7-17-31-28/h3-13,17,21-23,27H,14-16,18-20H2,1-2H3,(H,32,35)(H,33,36). The highest BCUT2D eigenvalue weighted by Gasteiger charge is 2.23. The number of piperidine rings is 1. The Labute approximate surface area is 214 Å². The molecule has 1 aliphatic heterocycles. The van der Waals surface area contributed by atoms with Gasteiger partial charge in [0.15, 0.2) is 0 Å². The smallest absolute Gasteiger partial charge is 0.270 e. The number of nitrogens with one attached hydrogen (secondary N) is 2. The fourth-order valence-corrected chi connectivity index (χ4v) is 4.70. The summed E-state index contributed by atoms with van der Waals surface area (Å²) in [5.74, 6) is 0.356. The minimum Gasteiger partial charge on any atom is -0.344 e. The Bertz CT molecular complexity index is 1130. The van der Waals surface area contributed by atoms with E-state index in [1.807, 2.05) is 56.3 Å². The normalized spacial score (nSPS) is 15.4. The lowest BCUT2D eigenvalue weighted by molar-refractivity contribution is -0.118. The van der Waals surface area contributed by atoms with Crippen molar-refractivity contribution in [3.05, 3.63) is 95.8 Å². The molecule has 1 aliphatic rings. The SMILES string of the molecule is CC(C)C(=O)Nc1cccc(C2CCN(CCC(NC(=O)c3ccccn3)c3ccccc3)CC2)c1. The molecule has 36 heavy (non-hydrogen) atoms. The highest BCUT2D eigenvalue weighted by molar-refractivity contribution is 5.92. The molecule has 0 bridgehead atoms. The van der Waals surface area contributed by atoms with Crippen LogP contribution in [-0.2, 0) is 4.79 Å². The highest BCUT2D eigenvalue weighted by atomic mass is 16.2.